The average Bonchev–Trinajstić information content (AvgIpc) is 1.98. The van der Waals surface area contributed by atoms with E-state index in [0.29, 0.717) is 0 Å². The molecule has 0 aromatic heterocycles. The Hall–Kier alpha value is -0.810. The van der Waals surface area contributed by atoms with Crippen molar-refractivity contribution in [2.45, 2.75) is 6.41 Å². The second-order valence-corrected chi connectivity index (χ2v) is 2.31. The predicted molar refractivity (Wildman–Crippen MR) is 43.0 cm³/mol. The van der Waals surface area contributed by atoms with Gasteiger partial charge in [0, 0.05) is 28.3 Å². The summed E-state index contributed by atoms with van der Waals surface area (Å²) in [6, 6.07) is 0. The van der Waals surface area contributed by atoms with Gasteiger partial charge < -0.3 is 19.8 Å². The Bertz CT molecular complexity index is 127. The summed E-state index contributed by atoms with van der Waals surface area (Å²) in [4.78, 5) is 1.44. The van der Waals surface area contributed by atoms with Crippen LogP contribution in [-0.4, -0.2) is 56.0 Å². The van der Waals surface area contributed by atoms with Crippen LogP contribution in [0.4, 0.5) is 0 Å². The molecule has 0 saturated carbocycles. The summed E-state index contributed by atoms with van der Waals surface area (Å²) in [5, 5.41) is 14.5. The number of hydrogen-bond donors (Lipinski definition) is 1. The molecule has 0 saturated heterocycles. The lowest BCUT2D eigenvalue weighted by molar-refractivity contribution is -0.140. The highest BCUT2D eigenvalue weighted by molar-refractivity contribution is 5.53. The molecule has 1 N–H and O–H groups in total. The summed E-state index contributed by atoms with van der Waals surface area (Å²) in [5.41, 5.74) is 0. The zero-order valence-corrected chi connectivity index (χ0v) is 7.35. The maximum Gasteiger partial charge on any atom is 0.238 e. The van der Waals surface area contributed by atoms with E-state index in [9.17, 15) is 0 Å². The van der Waals surface area contributed by atoms with Crippen molar-refractivity contribution in [3.8, 4) is 0 Å². The number of rotatable bonds is 4. The van der Waals surface area contributed by atoms with Gasteiger partial charge in [-0.2, -0.15) is 5.10 Å². The Morgan fingerprint density at radius 2 is 2.00 bits per heavy atom. The van der Waals surface area contributed by atoms with Gasteiger partial charge in [-0.1, -0.05) is 0 Å². The van der Waals surface area contributed by atoms with Crippen molar-refractivity contribution >= 4 is 6.34 Å². The molecule has 0 spiro atoms. The lowest BCUT2D eigenvalue weighted by Crippen LogP contribution is -2.32. The monoisotopic (exact) mass is 161 g/mol. The largest absolute Gasteiger partial charge is 0.351 e. The fourth-order valence-electron chi connectivity index (χ4n) is 0.408. The second kappa shape index (κ2) is 4.92. The van der Waals surface area contributed by atoms with E-state index >= 15 is 0 Å². The maximum absolute atomic E-state index is 9.03. The van der Waals surface area contributed by atoms with Gasteiger partial charge in [0.15, 0.2) is 0 Å². The molecule has 0 aromatic carbocycles. The first-order valence-electron chi connectivity index (χ1n) is 3.22. The third kappa shape index (κ3) is 4.58. The molecule has 0 aliphatic rings. The zero-order chi connectivity index (χ0) is 8.85. The summed E-state index contributed by atoms with van der Waals surface area (Å²) in [7, 11) is 6.68. The highest BCUT2D eigenvalue weighted by Gasteiger charge is 2.03. The Balaban J connectivity index is 3.75. The van der Waals surface area contributed by atoms with Crippen molar-refractivity contribution in [2.75, 3.05) is 28.3 Å². The molecule has 1 unspecified atom stereocenters. The number of aliphatic hydroxyl groups is 1. The fraction of sp³-hybridized carbons (Fsp3) is 0.833. The molecule has 0 aliphatic heterocycles. The molecule has 0 aromatic rings. The third-order valence-electron chi connectivity index (χ3n) is 1.02. The van der Waals surface area contributed by atoms with Gasteiger partial charge in [0.05, 0.1) is 0 Å². The first-order valence-corrected chi connectivity index (χ1v) is 3.22. The van der Waals surface area contributed by atoms with E-state index in [-0.39, 0.29) is 0 Å². The number of aliphatic hydroxyl groups excluding tert-OH is 1. The number of methoxy groups -OCH3 is 1. The Morgan fingerprint density at radius 1 is 1.45 bits per heavy atom. The third-order valence-corrected chi connectivity index (χ3v) is 1.02. The van der Waals surface area contributed by atoms with Gasteiger partial charge in [0.2, 0.25) is 6.41 Å². The highest BCUT2D eigenvalue weighted by atomic mass is 16.6. The van der Waals surface area contributed by atoms with Gasteiger partial charge in [-0.05, 0) is 0 Å². The normalized spacial score (nSPS) is 13.5. The topological polar surface area (TPSA) is 48.3 Å². The lowest BCUT2D eigenvalue weighted by Gasteiger charge is -2.18. The summed E-state index contributed by atoms with van der Waals surface area (Å²) >= 11 is 0. The van der Waals surface area contributed by atoms with E-state index in [2.05, 4.69) is 9.84 Å². The Labute approximate surface area is 66.9 Å². The molecule has 0 radical (unpaired) electrons. The zero-order valence-electron chi connectivity index (χ0n) is 7.35. The van der Waals surface area contributed by atoms with E-state index in [0.717, 1.165) is 0 Å². The first kappa shape index (κ1) is 10.2. The molecule has 66 valence electrons. The van der Waals surface area contributed by atoms with E-state index in [1.165, 1.54) is 18.3 Å². The first-order chi connectivity index (χ1) is 5.07. The van der Waals surface area contributed by atoms with Crippen LogP contribution in [0.15, 0.2) is 5.10 Å². The van der Waals surface area contributed by atoms with Crippen LogP contribution in [0.3, 0.4) is 0 Å². The number of ether oxygens (including phenoxy) is 1. The summed E-state index contributed by atoms with van der Waals surface area (Å²) < 4.78 is 4.62. The molecule has 5 heteroatoms. The van der Waals surface area contributed by atoms with Crippen LogP contribution in [0, 0.1) is 0 Å². The van der Waals surface area contributed by atoms with Crippen molar-refractivity contribution in [2.24, 2.45) is 5.10 Å². The Kier molecular flexibility index (Phi) is 4.56. The minimum absolute atomic E-state index is 0.932. The molecule has 5 nitrogen and oxygen atoms in total. The minimum atomic E-state index is -0.932. The molecule has 0 aliphatic carbocycles. The maximum atomic E-state index is 9.03. The van der Waals surface area contributed by atoms with Crippen LogP contribution >= 0.6 is 0 Å². The highest BCUT2D eigenvalue weighted by Crippen LogP contribution is 1.88. The van der Waals surface area contributed by atoms with Crippen LogP contribution in [-0.2, 0) is 4.74 Å². The standard InChI is InChI=1S/C6H15N3O2/c1-8(2)7-5-9(3)6(10)11-4/h5-6,10H,1-4H3/b7-5+. The van der Waals surface area contributed by atoms with Crippen molar-refractivity contribution in [3.63, 3.8) is 0 Å². The Morgan fingerprint density at radius 3 is 2.36 bits per heavy atom. The summed E-state index contributed by atoms with van der Waals surface area (Å²) in [6.07, 6.45) is 0.549. The van der Waals surface area contributed by atoms with Crippen molar-refractivity contribution in [3.05, 3.63) is 0 Å². The molecular formula is C6H15N3O2. The van der Waals surface area contributed by atoms with E-state index in [4.69, 9.17) is 5.11 Å². The number of hydrogen-bond acceptors (Lipinski definition) is 4. The quantitative estimate of drug-likeness (QED) is 0.257. The molecule has 11 heavy (non-hydrogen) atoms. The van der Waals surface area contributed by atoms with Crippen LogP contribution in [0.25, 0.3) is 0 Å². The van der Waals surface area contributed by atoms with Crippen molar-refractivity contribution in [1.82, 2.24) is 9.91 Å². The number of hydrazone groups is 1. The van der Waals surface area contributed by atoms with Gasteiger partial charge >= 0.3 is 0 Å². The molecular weight excluding hydrogens is 146 g/mol. The molecule has 1 atom stereocenters. The van der Waals surface area contributed by atoms with Gasteiger partial charge in [0.25, 0.3) is 0 Å². The molecule has 0 heterocycles. The SMILES string of the molecule is COC(O)N(C)/C=N/N(C)C. The second-order valence-electron chi connectivity index (χ2n) is 2.31. The van der Waals surface area contributed by atoms with Crippen LogP contribution < -0.4 is 0 Å². The van der Waals surface area contributed by atoms with Gasteiger partial charge in [-0.25, -0.2) is 0 Å². The smallest absolute Gasteiger partial charge is 0.238 e. The lowest BCUT2D eigenvalue weighted by atomic mass is 10.8. The minimum Gasteiger partial charge on any atom is -0.351 e. The van der Waals surface area contributed by atoms with Gasteiger partial charge in [0.1, 0.15) is 6.34 Å². The number of nitrogens with zero attached hydrogens (tertiary/aromatic N) is 3. The van der Waals surface area contributed by atoms with Gasteiger partial charge in [-0.3, -0.25) is 0 Å². The van der Waals surface area contributed by atoms with Crippen LogP contribution in [0.5, 0.6) is 0 Å². The van der Waals surface area contributed by atoms with Crippen molar-refractivity contribution < 1.29 is 9.84 Å². The van der Waals surface area contributed by atoms with E-state index < -0.39 is 6.41 Å². The molecule has 0 fully saturated rings. The summed E-state index contributed by atoms with van der Waals surface area (Å²) in [6.45, 7) is 0. The van der Waals surface area contributed by atoms with Crippen molar-refractivity contribution in [1.29, 1.82) is 0 Å². The van der Waals surface area contributed by atoms with Crippen LogP contribution in [0.1, 0.15) is 0 Å². The summed E-state index contributed by atoms with van der Waals surface area (Å²) in [5.74, 6) is 0. The molecule has 0 bridgehead atoms. The molecule has 0 amide bonds. The predicted octanol–water partition coefficient (Wildman–Crippen LogP) is -0.655. The van der Waals surface area contributed by atoms with E-state index in [1.54, 1.807) is 26.2 Å². The van der Waals surface area contributed by atoms with E-state index in [1.807, 2.05) is 0 Å². The molecule has 0 rings (SSSR count). The van der Waals surface area contributed by atoms with Gasteiger partial charge in [-0.15, -0.1) is 0 Å². The average molecular weight is 161 g/mol. The van der Waals surface area contributed by atoms with Crippen LogP contribution in [0.2, 0.25) is 0 Å². The fourth-order valence-corrected chi connectivity index (χ4v) is 0.408.